The minimum Gasteiger partial charge on any atom is -0.360 e. The average molecular weight is 278 g/mol. The molecule has 0 saturated carbocycles. The van der Waals surface area contributed by atoms with E-state index in [1.54, 1.807) is 0 Å². The number of sulfone groups is 1. The third-order valence-electron chi connectivity index (χ3n) is 1.80. The van der Waals surface area contributed by atoms with Gasteiger partial charge < -0.3 is 10.6 Å². The van der Waals surface area contributed by atoms with Crippen molar-refractivity contribution in [3.8, 4) is 0 Å². The number of aromatic nitrogens is 2. The zero-order valence-electron chi connectivity index (χ0n) is 9.56. The van der Waals surface area contributed by atoms with Crippen molar-refractivity contribution in [2.24, 2.45) is 0 Å². The summed E-state index contributed by atoms with van der Waals surface area (Å²) < 4.78 is 23.3. The number of hydrogen-bond donors (Lipinski definition) is 2. The van der Waals surface area contributed by atoms with Crippen molar-refractivity contribution in [1.82, 2.24) is 15.5 Å². The monoisotopic (exact) mass is 278 g/mol. The second kappa shape index (κ2) is 5.92. The number of nitrogens with one attached hydrogen (secondary N) is 2. The molecule has 0 aliphatic heterocycles. The van der Waals surface area contributed by atoms with Crippen LogP contribution in [0.25, 0.3) is 0 Å². The van der Waals surface area contributed by atoms with Crippen molar-refractivity contribution in [2.75, 3.05) is 24.7 Å². The van der Waals surface area contributed by atoms with Crippen LogP contribution in [-0.4, -0.2) is 43.9 Å². The minimum atomic E-state index is -3.68. The molecule has 0 bridgehead atoms. The van der Waals surface area contributed by atoms with Gasteiger partial charge in [-0.3, -0.25) is 4.79 Å². The Morgan fingerprint density at radius 3 is 2.71 bits per heavy atom. The summed E-state index contributed by atoms with van der Waals surface area (Å²) in [4.78, 5) is 11.0. The highest BCUT2D eigenvalue weighted by atomic mass is 32.2. The van der Waals surface area contributed by atoms with E-state index in [4.69, 9.17) is 0 Å². The molecule has 0 unspecified atom stereocenters. The average Bonchev–Trinajstić information content (AvgIpc) is 2.75. The van der Waals surface area contributed by atoms with Gasteiger partial charge in [0.2, 0.25) is 25.2 Å². The Morgan fingerprint density at radius 2 is 2.12 bits per heavy atom. The lowest BCUT2D eigenvalue weighted by Gasteiger charge is -1.98. The Balaban J connectivity index is 2.78. The van der Waals surface area contributed by atoms with E-state index < -0.39 is 21.5 Å². The van der Waals surface area contributed by atoms with E-state index >= 15 is 0 Å². The van der Waals surface area contributed by atoms with E-state index in [0.29, 0.717) is 11.7 Å². The summed E-state index contributed by atoms with van der Waals surface area (Å²) in [6, 6.07) is 0. The zero-order chi connectivity index (χ0) is 12.9. The molecule has 17 heavy (non-hydrogen) atoms. The summed E-state index contributed by atoms with van der Waals surface area (Å²) in [5.41, 5.74) is 0. The second-order valence-electron chi connectivity index (χ2n) is 3.23. The lowest BCUT2D eigenvalue weighted by atomic mass is 10.5. The van der Waals surface area contributed by atoms with Gasteiger partial charge in [0, 0.05) is 13.6 Å². The number of carbonyl (C=O) groups excluding carboxylic acids is 1. The molecule has 0 saturated heterocycles. The van der Waals surface area contributed by atoms with Gasteiger partial charge in [-0.15, -0.1) is 10.2 Å². The van der Waals surface area contributed by atoms with Crippen LogP contribution in [0, 0.1) is 0 Å². The smallest absolute Gasteiger partial charge is 0.235 e. The molecule has 0 aliphatic rings. The molecule has 0 aromatic carbocycles. The molecule has 0 aliphatic carbocycles. The fourth-order valence-corrected chi connectivity index (χ4v) is 3.15. The maximum atomic E-state index is 11.7. The Labute approximate surface area is 104 Å². The van der Waals surface area contributed by atoms with Crippen LogP contribution in [-0.2, 0) is 14.6 Å². The van der Waals surface area contributed by atoms with Gasteiger partial charge in [-0.25, -0.2) is 8.42 Å². The van der Waals surface area contributed by atoms with Crippen LogP contribution >= 0.6 is 11.3 Å². The SMILES string of the molecule is CCCNc1nnc(S(=O)(=O)CC(=O)NC)s1. The van der Waals surface area contributed by atoms with E-state index in [1.165, 1.54) is 7.05 Å². The standard InChI is InChI=1S/C8H14N4O3S2/c1-3-4-10-7-11-12-8(16-7)17(14,15)5-6(13)9-2/h3-5H2,1-2H3,(H,9,13)(H,10,11). The quantitative estimate of drug-likeness (QED) is 0.752. The van der Waals surface area contributed by atoms with Crippen LogP contribution in [0.4, 0.5) is 5.13 Å². The lowest BCUT2D eigenvalue weighted by Crippen LogP contribution is -2.26. The molecule has 1 rings (SSSR count). The highest BCUT2D eigenvalue weighted by Gasteiger charge is 2.23. The lowest BCUT2D eigenvalue weighted by molar-refractivity contribution is -0.118. The van der Waals surface area contributed by atoms with Gasteiger partial charge in [-0.1, -0.05) is 18.3 Å². The predicted octanol–water partition coefficient (Wildman–Crippen LogP) is -0.120. The third-order valence-corrected chi connectivity index (χ3v) is 4.74. The number of hydrogen-bond acceptors (Lipinski definition) is 7. The van der Waals surface area contributed by atoms with Crippen molar-refractivity contribution < 1.29 is 13.2 Å². The Morgan fingerprint density at radius 1 is 1.41 bits per heavy atom. The number of nitrogens with zero attached hydrogens (tertiary/aromatic N) is 2. The van der Waals surface area contributed by atoms with Gasteiger partial charge >= 0.3 is 0 Å². The molecule has 0 fully saturated rings. The van der Waals surface area contributed by atoms with Crippen LogP contribution < -0.4 is 10.6 Å². The van der Waals surface area contributed by atoms with Gasteiger partial charge in [-0.2, -0.15) is 0 Å². The summed E-state index contributed by atoms with van der Waals surface area (Å²) in [5.74, 6) is -1.17. The Bertz CT molecular complexity index is 483. The molecule has 1 aromatic heterocycles. The van der Waals surface area contributed by atoms with Crippen LogP contribution in [0.15, 0.2) is 4.34 Å². The first-order valence-corrected chi connectivity index (χ1v) is 7.47. The first-order valence-electron chi connectivity index (χ1n) is 5.00. The summed E-state index contributed by atoms with van der Waals surface area (Å²) in [6.45, 7) is 2.68. The second-order valence-corrected chi connectivity index (χ2v) is 6.37. The molecule has 1 heterocycles. The number of carbonyl (C=O) groups is 1. The van der Waals surface area contributed by atoms with Gasteiger partial charge in [0.1, 0.15) is 5.75 Å². The highest BCUT2D eigenvalue weighted by molar-refractivity contribution is 7.94. The van der Waals surface area contributed by atoms with Gasteiger partial charge in [0.15, 0.2) is 0 Å². The largest absolute Gasteiger partial charge is 0.360 e. The van der Waals surface area contributed by atoms with E-state index in [1.807, 2.05) is 6.92 Å². The maximum absolute atomic E-state index is 11.7. The van der Waals surface area contributed by atoms with Crippen molar-refractivity contribution >= 4 is 32.2 Å². The Kier molecular flexibility index (Phi) is 4.82. The molecule has 1 aromatic rings. The molecule has 96 valence electrons. The molecular formula is C8H14N4O3S2. The topological polar surface area (TPSA) is 101 Å². The molecule has 0 radical (unpaired) electrons. The molecule has 0 atom stereocenters. The van der Waals surface area contributed by atoms with Crippen molar-refractivity contribution in [3.63, 3.8) is 0 Å². The third kappa shape index (κ3) is 3.93. The fourth-order valence-electron chi connectivity index (χ4n) is 0.945. The number of rotatable bonds is 6. The van der Waals surface area contributed by atoms with Crippen molar-refractivity contribution in [3.05, 3.63) is 0 Å². The van der Waals surface area contributed by atoms with Crippen LogP contribution in [0.1, 0.15) is 13.3 Å². The normalized spacial score (nSPS) is 11.2. The van der Waals surface area contributed by atoms with Gasteiger partial charge in [0.05, 0.1) is 0 Å². The zero-order valence-corrected chi connectivity index (χ0v) is 11.2. The molecule has 9 heteroatoms. The summed E-state index contributed by atoms with van der Waals surface area (Å²) >= 11 is 0.931. The van der Waals surface area contributed by atoms with E-state index in [0.717, 1.165) is 17.8 Å². The molecule has 2 N–H and O–H groups in total. The first kappa shape index (κ1) is 13.8. The molecule has 7 nitrogen and oxygen atoms in total. The van der Waals surface area contributed by atoms with Gasteiger partial charge in [0.25, 0.3) is 0 Å². The van der Waals surface area contributed by atoms with Gasteiger partial charge in [-0.05, 0) is 6.42 Å². The Hall–Kier alpha value is -1.22. The first-order chi connectivity index (χ1) is 7.99. The predicted molar refractivity (Wildman–Crippen MR) is 64.8 cm³/mol. The maximum Gasteiger partial charge on any atom is 0.235 e. The van der Waals surface area contributed by atoms with E-state index in [9.17, 15) is 13.2 Å². The highest BCUT2D eigenvalue weighted by Crippen LogP contribution is 2.20. The van der Waals surface area contributed by atoms with Crippen LogP contribution in [0.2, 0.25) is 0 Å². The van der Waals surface area contributed by atoms with Crippen molar-refractivity contribution in [2.45, 2.75) is 17.7 Å². The minimum absolute atomic E-state index is 0.139. The number of anilines is 1. The van der Waals surface area contributed by atoms with Crippen LogP contribution in [0.5, 0.6) is 0 Å². The fraction of sp³-hybridized carbons (Fsp3) is 0.625. The number of amides is 1. The molecular weight excluding hydrogens is 264 g/mol. The van der Waals surface area contributed by atoms with E-state index in [-0.39, 0.29) is 4.34 Å². The van der Waals surface area contributed by atoms with Crippen LogP contribution in [0.3, 0.4) is 0 Å². The van der Waals surface area contributed by atoms with E-state index in [2.05, 4.69) is 20.8 Å². The summed E-state index contributed by atoms with van der Waals surface area (Å²) in [5, 5.41) is 12.9. The summed E-state index contributed by atoms with van der Waals surface area (Å²) in [6.07, 6.45) is 0.903. The molecule has 1 amide bonds. The summed E-state index contributed by atoms with van der Waals surface area (Å²) in [7, 11) is -2.30. The molecule has 0 spiro atoms. The van der Waals surface area contributed by atoms with Crippen molar-refractivity contribution in [1.29, 1.82) is 0 Å².